The van der Waals surface area contributed by atoms with Crippen molar-refractivity contribution in [3.8, 4) is 0 Å². The number of nitrogen functional groups attached to an aromatic ring is 1. The van der Waals surface area contributed by atoms with E-state index < -0.39 is 21.5 Å². The molecule has 18 heavy (non-hydrogen) atoms. The van der Waals surface area contributed by atoms with E-state index in [1.807, 2.05) is 0 Å². The minimum Gasteiger partial charge on any atom is -0.399 e. The van der Waals surface area contributed by atoms with Crippen LogP contribution < -0.4 is 11.1 Å². The van der Waals surface area contributed by atoms with Crippen LogP contribution in [0.25, 0.3) is 0 Å². The lowest BCUT2D eigenvalue weighted by Crippen LogP contribution is -2.24. The van der Waals surface area contributed by atoms with Crippen molar-refractivity contribution < 1.29 is 13.2 Å². The zero-order chi connectivity index (χ0) is 13.8. The molecule has 0 aliphatic carbocycles. The standard InChI is InChI=1S/C11H15BrN2O3S/c1-2-5-18(16,17)7-11(15)14-10-4-3-8(13)6-9(10)12/h3-4,6H,2,5,7,13H2,1H3,(H,14,15). The largest absolute Gasteiger partial charge is 0.399 e. The second kappa shape index (κ2) is 6.19. The first-order chi connectivity index (χ1) is 8.34. The van der Waals surface area contributed by atoms with Gasteiger partial charge in [0.2, 0.25) is 5.91 Å². The van der Waals surface area contributed by atoms with Crippen molar-refractivity contribution in [1.29, 1.82) is 0 Å². The average Bonchev–Trinajstić information content (AvgIpc) is 2.21. The van der Waals surface area contributed by atoms with E-state index in [0.717, 1.165) is 0 Å². The van der Waals surface area contributed by atoms with Gasteiger partial charge in [0.25, 0.3) is 0 Å². The van der Waals surface area contributed by atoms with Gasteiger partial charge in [0.05, 0.1) is 11.4 Å². The summed E-state index contributed by atoms with van der Waals surface area (Å²) in [6.07, 6.45) is 0.501. The lowest BCUT2D eigenvalue weighted by atomic mass is 10.3. The van der Waals surface area contributed by atoms with E-state index in [9.17, 15) is 13.2 Å². The Kier molecular flexibility index (Phi) is 5.15. The molecule has 0 aliphatic heterocycles. The van der Waals surface area contributed by atoms with Crippen LogP contribution in [0.3, 0.4) is 0 Å². The van der Waals surface area contributed by atoms with Gasteiger partial charge >= 0.3 is 0 Å². The van der Waals surface area contributed by atoms with E-state index in [2.05, 4.69) is 21.2 Å². The Balaban J connectivity index is 2.71. The molecule has 3 N–H and O–H groups in total. The van der Waals surface area contributed by atoms with E-state index in [1.54, 1.807) is 25.1 Å². The monoisotopic (exact) mass is 334 g/mol. The maximum atomic E-state index is 11.6. The van der Waals surface area contributed by atoms with Crippen LogP contribution in [-0.4, -0.2) is 25.8 Å². The smallest absolute Gasteiger partial charge is 0.239 e. The van der Waals surface area contributed by atoms with Crippen LogP contribution in [0.15, 0.2) is 22.7 Å². The molecule has 0 unspecified atom stereocenters. The number of sulfone groups is 1. The number of carbonyl (C=O) groups excluding carboxylic acids is 1. The number of nitrogens with one attached hydrogen (secondary N) is 1. The van der Waals surface area contributed by atoms with Gasteiger partial charge in [0, 0.05) is 10.2 Å². The van der Waals surface area contributed by atoms with Crippen LogP contribution in [0.2, 0.25) is 0 Å². The molecular weight excluding hydrogens is 320 g/mol. The summed E-state index contributed by atoms with van der Waals surface area (Å²) in [5, 5.41) is 2.53. The maximum absolute atomic E-state index is 11.6. The first kappa shape index (κ1) is 15.0. The predicted molar refractivity (Wildman–Crippen MR) is 76.1 cm³/mol. The van der Waals surface area contributed by atoms with E-state index in [0.29, 0.717) is 22.3 Å². The van der Waals surface area contributed by atoms with Crippen LogP contribution in [0.1, 0.15) is 13.3 Å². The van der Waals surface area contributed by atoms with Crippen molar-refractivity contribution >= 4 is 43.0 Å². The van der Waals surface area contributed by atoms with E-state index in [4.69, 9.17) is 5.73 Å². The molecule has 1 aromatic carbocycles. The Morgan fingerprint density at radius 2 is 2.11 bits per heavy atom. The zero-order valence-corrected chi connectivity index (χ0v) is 12.3. The molecule has 0 aliphatic rings. The summed E-state index contributed by atoms with van der Waals surface area (Å²) < 4.78 is 23.6. The molecule has 5 nitrogen and oxygen atoms in total. The molecule has 0 spiro atoms. The Hall–Kier alpha value is -1.08. The van der Waals surface area contributed by atoms with Gasteiger partial charge in [-0.3, -0.25) is 4.79 Å². The maximum Gasteiger partial charge on any atom is 0.239 e. The number of benzene rings is 1. The van der Waals surface area contributed by atoms with Gasteiger partial charge in [0.15, 0.2) is 9.84 Å². The van der Waals surface area contributed by atoms with Gasteiger partial charge in [-0.2, -0.15) is 0 Å². The van der Waals surface area contributed by atoms with E-state index in [-0.39, 0.29) is 5.75 Å². The molecule has 0 atom stereocenters. The molecule has 0 bridgehead atoms. The van der Waals surface area contributed by atoms with Crippen molar-refractivity contribution in [2.24, 2.45) is 0 Å². The highest BCUT2D eigenvalue weighted by atomic mass is 79.9. The topological polar surface area (TPSA) is 89.3 Å². The lowest BCUT2D eigenvalue weighted by molar-refractivity contribution is -0.113. The number of rotatable bonds is 5. The van der Waals surface area contributed by atoms with Crippen LogP contribution in [0.5, 0.6) is 0 Å². The first-order valence-corrected chi connectivity index (χ1v) is 8.01. The SMILES string of the molecule is CCCS(=O)(=O)CC(=O)Nc1ccc(N)cc1Br. The van der Waals surface area contributed by atoms with Gasteiger partial charge < -0.3 is 11.1 Å². The molecule has 0 fully saturated rings. The predicted octanol–water partition coefficient (Wildman–Crippen LogP) is 1.79. The highest BCUT2D eigenvalue weighted by molar-refractivity contribution is 9.10. The summed E-state index contributed by atoms with van der Waals surface area (Å²) in [6.45, 7) is 1.76. The van der Waals surface area contributed by atoms with Crippen LogP contribution in [0, 0.1) is 0 Å². The quantitative estimate of drug-likeness (QED) is 0.803. The van der Waals surface area contributed by atoms with Gasteiger partial charge in [-0.1, -0.05) is 6.92 Å². The fraction of sp³-hybridized carbons (Fsp3) is 0.364. The minimum absolute atomic E-state index is 0.0172. The first-order valence-electron chi connectivity index (χ1n) is 5.39. The van der Waals surface area contributed by atoms with Crippen molar-refractivity contribution in [2.75, 3.05) is 22.6 Å². The molecule has 0 saturated heterocycles. The highest BCUT2D eigenvalue weighted by Crippen LogP contribution is 2.24. The molecule has 0 saturated carbocycles. The minimum atomic E-state index is -3.32. The second-order valence-corrected chi connectivity index (χ2v) is 6.92. The molecule has 7 heteroatoms. The Bertz CT molecular complexity index is 543. The Morgan fingerprint density at radius 1 is 1.44 bits per heavy atom. The molecule has 0 radical (unpaired) electrons. The summed E-state index contributed by atoms with van der Waals surface area (Å²) in [6, 6.07) is 4.88. The van der Waals surface area contributed by atoms with Crippen molar-refractivity contribution in [2.45, 2.75) is 13.3 Å². The van der Waals surface area contributed by atoms with Crippen molar-refractivity contribution in [3.05, 3.63) is 22.7 Å². The fourth-order valence-corrected chi connectivity index (χ4v) is 3.14. The zero-order valence-electron chi connectivity index (χ0n) is 9.94. The number of halogens is 1. The number of hydrogen-bond acceptors (Lipinski definition) is 4. The lowest BCUT2D eigenvalue weighted by Gasteiger charge is -2.08. The van der Waals surface area contributed by atoms with E-state index in [1.165, 1.54) is 0 Å². The normalized spacial score (nSPS) is 11.2. The van der Waals surface area contributed by atoms with Crippen LogP contribution in [-0.2, 0) is 14.6 Å². The van der Waals surface area contributed by atoms with Gasteiger partial charge in [-0.25, -0.2) is 8.42 Å². The van der Waals surface area contributed by atoms with E-state index >= 15 is 0 Å². The third kappa shape index (κ3) is 4.66. The Morgan fingerprint density at radius 3 is 2.67 bits per heavy atom. The molecule has 0 heterocycles. The number of hydrogen-bond donors (Lipinski definition) is 2. The molecule has 100 valence electrons. The third-order valence-corrected chi connectivity index (χ3v) is 4.52. The fourth-order valence-electron chi connectivity index (χ4n) is 1.40. The third-order valence-electron chi connectivity index (χ3n) is 2.13. The molecular formula is C11H15BrN2O3S. The molecule has 1 aromatic rings. The summed E-state index contributed by atoms with van der Waals surface area (Å²) >= 11 is 3.24. The number of carbonyl (C=O) groups is 1. The van der Waals surface area contributed by atoms with Gasteiger partial charge in [-0.05, 0) is 40.5 Å². The van der Waals surface area contributed by atoms with Crippen LogP contribution >= 0.6 is 15.9 Å². The average molecular weight is 335 g/mol. The highest BCUT2D eigenvalue weighted by Gasteiger charge is 2.16. The van der Waals surface area contributed by atoms with Gasteiger partial charge in [0.1, 0.15) is 5.75 Å². The summed E-state index contributed by atoms with van der Waals surface area (Å²) in [5.74, 6) is -1.03. The van der Waals surface area contributed by atoms with Crippen molar-refractivity contribution in [3.63, 3.8) is 0 Å². The number of nitrogens with two attached hydrogens (primary N) is 1. The Labute approximate surface area is 115 Å². The number of anilines is 2. The number of amides is 1. The molecule has 0 aromatic heterocycles. The van der Waals surface area contributed by atoms with Crippen molar-refractivity contribution in [1.82, 2.24) is 0 Å². The molecule has 1 rings (SSSR count). The van der Waals surface area contributed by atoms with Gasteiger partial charge in [-0.15, -0.1) is 0 Å². The van der Waals surface area contributed by atoms with Crippen LogP contribution in [0.4, 0.5) is 11.4 Å². The summed E-state index contributed by atoms with van der Waals surface area (Å²) in [7, 11) is -3.32. The summed E-state index contributed by atoms with van der Waals surface area (Å²) in [4.78, 5) is 11.6. The molecule has 1 amide bonds. The summed E-state index contributed by atoms with van der Waals surface area (Å²) in [5.41, 5.74) is 6.62. The second-order valence-electron chi connectivity index (χ2n) is 3.88.